The SMILES string of the molecule is CCOc1ccc(N2CC(O)=C(c3nc(-c4ccc(C)cc4)cs3)C2=N)cc1OCC. The number of benzene rings is 2. The quantitative estimate of drug-likeness (QED) is 0.499. The van der Waals surface area contributed by atoms with Crippen molar-refractivity contribution in [3.63, 3.8) is 0 Å². The smallest absolute Gasteiger partial charge is 0.163 e. The number of aliphatic hydroxyl groups is 1. The Labute approximate surface area is 185 Å². The standard InChI is InChI=1S/C24H25N3O3S/c1-4-29-20-11-10-17(12-21(20)30-5-2)27-13-19(28)22(23(27)25)24-26-18(14-31-24)16-8-6-15(3)7-9-16/h6-12,14,25,28H,4-5,13H2,1-3H3. The summed E-state index contributed by atoms with van der Waals surface area (Å²) in [6, 6.07) is 13.7. The second-order valence-corrected chi connectivity index (χ2v) is 8.02. The average Bonchev–Trinajstić information content (AvgIpc) is 3.34. The Kier molecular flexibility index (Phi) is 5.95. The molecular weight excluding hydrogens is 410 g/mol. The predicted molar refractivity (Wildman–Crippen MR) is 126 cm³/mol. The molecule has 0 atom stereocenters. The molecule has 2 N–H and O–H groups in total. The van der Waals surface area contributed by atoms with Gasteiger partial charge in [-0.2, -0.15) is 0 Å². The van der Waals surface area contributed by atoms with Crippen molar-refractivity contribution in [2.24, 2.45) is 0 Å². The number of aryl methyl sites for hydroxylation is 1. The molecule has 0 spiro atoms. The minimum absolute atomic E-state index is 0.140. The summed E-state index contributed by atoms with van der Waals surface area (Å²) in [5.74, 6) is 1.65. The van der Waals surface area contributed by atoms with Gasteiger partial charge in [-0.3, -0.25) is 5.41 Å². The zero-order chi connectivity index (χ0) is 22.0. The molecule has 0 aliphatic carbocycles. The Morgan fingerprint density at radius 3 is 2.48 bits per heavy atom. The van der Waals surface area contributed by atoms with E-state index in [-0.39, 0.29) is 18.1 Å². The maximum Gasteiger partial charge on any atom is 0.163 e. The van der Waals surface area contributed by atoms with Gasteiger partial charge >= 0.3 is 0 Å². The fourth-order valence-corrected chi connectivity index (χ4v) is 4.37. The van der Waals surface area contributed by atoms with Crippen molar-refractivity contribution in [1.29, 1.82) is 5.41 Å². The van der Waals surface area contributed by atoms with Crippen molar-refractivity contribution < 1.29 is 14.6 Å². The molecule has 0 fully saturated rings. The molecular formula is C24H25N3O3S. The van der Waals surface area contributed by atoms with Gasteiger partial charge in [-0.05, 0) is 32.9 Å². The lowest BCUT2D eigenvalue weighted by molar-refractivity contribution is 0.288. The third-order valence-corrected chi connectivity index (χ3v) is 5.87. The van der Waals surface area contributed by atoms with Gasteiger partial charge in [-0.15, -0.1) is 11.3 Å². The molecule has 0 radical (unpaired) electrons. The summed E-state index contributed by atoms with van der Waals surface area (Å²) in [6.07, 6.45) is 0. The monoisotopic (exact) mass is 435 g/mol. The van der Waals surface area contributed by atoms with Crippen LogP contribution in [0.3, 0.4) is 0 Å². The number of nitrogens with zero attached hydrogens (tertiary/aromatic N) is 2. The molecule has 2 heterocycles. The predicted octanol–water partition coefficient (Wildman–Crippen LogP) is 5.68. The van der Waals surface area contributed by atoms with Gasteiger partial charge in [-0.1, -0.05) is 29.8 Å². The van der Waals surface area contributed by atoms with Crippen LogP contribution in [0.25, 0.3) is 16.8 Å². The maximum atomic E-state index is 10.7. The highest BCUT2D eigenvalue weighted by atomic mass is 32.1. The van der Waals surface area contributed by atoms with Gasteiger partial charge < -0.3 is 19.5 Å². The summed E-state index contributed by atoms with van der Waals surface area (Å²) in [7, 11) is 0. The number of anilines is 1. The van der Waals surface area contributed by atoms with E-state index in [0.717, 1.165) is 16.9 Å². The molecule has 7 heteroatoms. The molecule has 0 saturated heterocycles. The van der Waals surface area contributed by atoms with Crippen LogP contribution >= 0.6 is 11.3 Å². The zero-order valence-electron chi connectivity index (χ0n) is 17.8. The van der Waals surface area contributed by atoms with E-state index < -0.39 is 0 Å². The largest absolute Gasteiger partial charge is 0.510 e. The Hall–Kier alpha value is -3.32. The first-order valence-corrected chi connectivity index (χ1v) is 11.1. The number of rotatable bonds is 7. The summed E-state index contributed by atoms with van der Waals surface area (Å²) in [4.78, 5) is 6.44. The second-order valence-electron chi connectivity index (χ2n) is 7.16. The summed E-state index contributed by atoms with van der Waals surface area (Å²) in [5.41, 5.74) is 4.27. The first-order valence-electron chi connectivity index (χ1n) is 10.2. The highest BCUT2D eigenvalue weighted by Gasteiger charge is 2.31. The molecule has 6 nitrogen and oxygen atoms in total. The van der Waals surface area contributed by atoms with E-state index in [1.54, 1.807) is 4.90 Å². The molecule has 1 aliphatic rings. The highest BCUT2D eigenvalue weighted by molar-refractivity contribution is 7.11. The van der Waals surface area contributed by atoms with Crippen LogP contribution in [0, 0.1) is 12.3 Å². The fraction of sp³-hybridized carbons (Fsp3) is 0.250. The normalized spacial score (nSPS) is 13.8. The summed E-state index contributed by atoms with van der Waals surface area (Å²) in [6.45, 7) is 7.15. The molecule has 0 amide bonds. The van der Waals surface area contributed by atoms with Crippen LogP contribution in [0.2, 0.25) is 0 Å². The number of aromatic nitrogens is 1. The molecule has 4 rings (SSSR count). The van der Waals surface area contributed by atoms with Crippen LogP contribution < -0.4 is 14.4 Å². The minimum Gasteiger partial charge on any atom is -0.510 e. The third kappa shape index (κ3) is 4.14. The van der Waals surface area contributed by atoms with Crippen molar-refractivity contribution in [3.05, 3.63) is 64.2 Å². The minimum atomic E-state index is 0.140. The third-order valence-electron chi connectivity index (χ3n) is 5.01. The number of amidine groups is 1. The number of nitrogens with one attached hydrogen (secondary N) is 1. The Bertz CT molecular complexity index is 1140. The van der Waals surface area contributed by atoms with Gasteiger partial charge in [0.05, 0.1) is 31.0 Å². The van der Waals surface area contributed by atoms with Gasteiger partial charge in [0.1, 0.15) is 16.6 Å². The van der Waals surface area contributed by atoms with Crippen LogP contribution in [-0.2, 0) is 0 Å². The average molecular weight is 436 g/mol. The van der Waals surface area contributed by atoms with Gasteiger partial charge in [-0.25, -0.2) is 4.98 Å². The van der Waals surface area contributed by atoms with Crippen molar-refractivity contribution in [3.8, 4) is 22.8 Å². The number of hydrogen-bond donors (Lipinski definition) is 2. The highest BCUT2D eigenvalue weighted by Crippen LogP contribution is 2.37. The van der Waals surface area contributed by atoms with Gasteiger partial charge in [0.15, 0.2) is 11.5 Å². The van der Waals surface area contributed by atoms with E-state index in [2.05, 4.69) is 0 Å². The zero-order valence-corrected chi connectivity index (χ0v) is 18.6. The van der Waals surface area contributed by atoms with E-state index in [0.29, 0.717) is 35.3 Å². The van der Waals surface area contributed by atoms with Crippen molar-refractivity contribution in [1.82, 2.24) is 4.98 Å². The molecule has 0 unspecified atom stereocenters. The van der Waals surface area contributed by atoms with Crippen LogP contribution in [0.1, 0.15) is 24.4 Å². The molecule has 1 aliphatic heterocycles. The topological polar surface area (TPSA) is 78.7 Å². The van der Waals surface area contributed by atoms with E-state index in [4.69, 9.17) is 19.9 Å². The van der Waals surface area contributed by atoms with Crippen molar-refractivity contribution in [2.45, 2.75) is 20.8 Å². The molecule has 0 saturated carbocycles. The summed E-state index contributed by atoms with van der Waals surface area (Å²) < 4.78 is 11.3. The number of hydrogen-bond acceptors (Lipinski definition) is 6. The molecule has 160 valence electrons. The van der Waals surface area contributed by atoms with Crippen LogP contribution in [0.5, 0.6) is 11.5 Å². The molecule has 0 bridgehead atoms. The first kappa shape index (κ1) is 20.9. The van der Waals surface area contributed by atoms with Gasteiger partial charge in [0.25, 0.3) is 0 Å². The van der Waals surface area contributed by atoms with Crippen molar-refractivity contribution in [2.75, 3.05) is 24.7 Å². The summed E-state index contributed by atoms with van der Waals surface area (Å²) in [5, 5.41) is 22.0. The number of aliphatic hydroxyl groups excluding tert-OH is 1. The molecule has 2 aromatic carbocycles. The fourth-order valence-electron chi connectivity index (χ4n) is 3.48. The van der Waals surface area contributed by atoms with Crippen LogP contribution in [-0.4, -0.2) is 35.7 Å². The lowest BCUT2D eigenvalue weighted by Gasteiger charge is -2.20. The number of ether oxygens (including phenoxy) is 2. The Balaban J connectivity index is 1.61. The molecule has 3 aromatic rings. The lowest BCUT2D eigenvalue weighted by Crippen LogP contribution is -2.26. The van der Waals surface area contributed by atoms with Gasteiger partial charge in [0.2, 0.25) is 0 Å². The number of thiazole rings is 1. The van der Waals surface area contributed by atoms with E-state index in [1.807, 2.05) is 68.6 Å². The van der Waals surface area contributed by atoms with Crippen LogP contribution in [0.4, 0.5) is 5.69 Å². The van der Waals surface area contributed by atoms with E-state index >= 15 is 0 Å². The second kappa shape index (κ2) is 8.81. The molecule has 31 heavy (non-hydrogen) atoms. The van der Waals surface area contributed by atoms with Crippen molar-refractivity contribution >= 4 is 28.4 Å². The lowest BCUT2D eigenvalue weighted by atomic mass is 10.1. The van der Waals surface area contributed by atoms with Gasteiger partial charge in [0, 0.05) is 22.7 Å². The van der Waals surface area contributed by atoms with E-state index in [1.165, 1.54) is 16.9 Å². The Morgan fingerprint density at radius 2 is 1.77 bits per heavy atom. The van der Waals surface area contributed by atoms with Crippen LogP contribution in [0.15, 0.2) is 53.6 Å². The van der Waals surface area contributed by atoms with E-state index in [9.17, 15) is 5.11 Å². The maximum absolute atomic E-state index is 10.7. The summed E-state index contributed by atoms with van der Waals surface area (Å²) >= 11 is 1.43. The first-order chi connectivity index (χ1) is 15.0. The Morgan fingerprint density at radius 1 is 1.06 bits per heavy atom. The molecule has 1 aromatic heterocycles.